The van der Waals surface area contributed by atoms with Crippen molar-refractivity contribution in [2.75, 3.05) is 36.8 Å². The number of aryl methyl sites for hydroxylation is 2. The van der Waals surface area contributed by atoms with E-state index in [9.17, 15) is 13.2 Å². The molecule has 0 radical (unpaired) electrons. The van der Waals surface area contributed by atoms with E-state index in [-0.39, 0.29) is 17.0 Å². The quantitative estimate of drug-likeness (QED) is 0.688. The topological polar surface area (TPSA) is 83.5 Å². The average Bonchev–Trinajstić information content (AvgIpc) is 3.01. The van der Waals surface area contributed by atoms with Crippen LogP contribution in [0.5, 0.6) is 0 Å². The lowest BCUT2D eigenvalue weighted by molar-refractivity contribution is -0.128. The van der Waals surface area contributed by atoms with Crippen molar-refractivity contribution in [3.63, 3.8) is 0 Å². The molecule has 8 heteroatoms. The maximum absolute atomic E-state index is 13.4. The van der Waals surface area contributed by atoms with Crippen LogP contribution in [0.1, 0.15) is 70.0 Å². The van der Waals surface area contributed by atoms with Crippen molar-refractivity contribution in [1.29, 1.82) is 0 Å². The van der Waals surface area contributed by atoms with Crippen LogP contribution < -0.4 is 4.90 Å². The number of hydrogen-bond donors (Lipinski definition) is 0. The Kier molecular flexibility index (Phi) is 5.49. The molecular weight excluding hydrogens is 412 g/mol. The number of ketones is 1. The molecule has 1 aliphatic heterocycles. The Hall–Kier alpha value is -1.54. The molecule has 2 atom stereocenters. The lowest BCUT2D eigenvalue weighted by atomic mass is 9.70. The lowest BCUT2D eigenvalue weighted by Gasteiger charge is -2.40. The third kappa shape index (κ3) is 3.50. The summed E-state index contributed by atoms with van der Waals surface area (Å²) in [5.74, 6) is 2.41. The maximum atomic E-state index is 13.4. The van der Waals surface area contributed by atoms with E-state index >= 15 is 0 Å². The number of Topliss-reactive ketones (excluding diaryl/α,β-unsaturated/α-hetero) is 1. The van der Waals surface area contributed by atoms with Gasteiger partial charge in [-0.25, -0.2) is 18.4 Å². The minimum atomic E-state index is -3.51. The summed E-state index contributed by atoms with van der Waals surface area (Å²) in [6, 6.07) is 0. The smallest absolute Gasteiger partial charge is 0.215 e. The van der Waals surface area contributed by atoms with Gasteiger partial charge in [-0.3, -0.25) is 4.79 Å². The van der Waals surface area contributed by atoms with E-state index in [1.807, 2.05) is 13.8 Å². The summed E-state index contributed by atoms with van der Waals surface area (Å²) in [6.45, 7) is 14.4. The number of sulfonamides is 1. The Balaban J connectivity index is 1.51. The molecule has 3 fully saturated rings. The first-order valence-electron chi connectivity index (χ1n) is 11.5. The van der Waals surface area contributed by atoms with Gasteiger partial charge in [0.2, 0.25) is 10.0 Å². The van der Waals surface area contributed by atoms with Gasteiger partial charge in [-0.2, -0.15) is 4.31 Å². The molecule has 0 spiro atoms. The molecule has 31 heavy (non-hydrogen) atoms. The summed E-state index contributed by atoms with van der Waals surface area (Å²) in [5, 5.41) is 0. The number of piperazine rings is 1. The molecule has 2 heterocycles. The van der Waals surface area contributed by atoms with Crippen molar-refractivity contribution in [1.82, 2.24) is 14.3 Å². The second-order valence-electron chi connectivity index (χ2n) is 10.6. The fraction of sp³-hybridized carbons (Fsp3) is 0.783. The van der Waals surface area contributed by atoms with Crippen LogP contribution >= 0.6 is 0 Å². The third-order valence-electron chi connectivity index (χ3n) is 8.30. The number of aromatic nitrogens is 2. The first-order chi connectivity index (χ1) is 14.4. The number of carbonyl (C=O) groups excluding carboxylic acids is 1. The number of carbonyl (C=O) groups is 1. The molecule has 0 aromatic carbocycles. The van der Waals surface area contributed by atoms with Gasteiger partial charge in [0.15, 0.2) is 0 Å². The normalized spacial score (nSPS) is 28.7. The van der Waals surface area contributed by atoms with Gasteiger partial charge >= 0.3 is 0 Å². The van der Waals surface area contributed by atoms with Gasteiger partial charge in [0.25, 0.3) is 0 Å². The van der Waals surface area contributed by atoms with Crippen molar-refractivity contribution < 1.29 is 13.2 Å². The largest absolute Gasteiger partial charge is 0.354 e. The van der Waals surface area contributed by atoms with Crippen molar-refractivity contribution in [3.8, 4) is 0 Å². The predicted molar refractivity (Wildman–Crippen MR) is 122 cm³/mol. The molecular formula is C23H36N4O3S. The number of nitrogens with zero attached hydrogens (tertiary/aromatic N) is 4. The predicted octanol–water partition coefficient (Wildman–Crippen LogP) is 3.06. The molecule has 2 saturated carbocycles. The second kappa shape index (κ2) is 7.51. The highest BCUT2D eigenvalue weighted by Gasteiger charge is 2.65. The molecule has 7 nitrogen and oxygen atoms in total. The van der Waals surface area contributed by atoms with Gasteiger partial charge in [0, 0.05) is 49.3 Å². The van der Waals surface area contributed by atoms with E-state index in [0.29, 0.717) is 50.9 Å². The zero-order valence-electron chi connectivity index (χ0n) is 19.7. The van der Waals surface area contributed by atoms with Crippen LogP contribution in [-0.2, 0) is 14.8 Å². The number of rotatable bonds is 5. The Morgan fingerprint density at radius 1 is 1.10 bits per heavy atom. The van der Waals surface area contributed by atoms with E-state index < -0.39 is 15.4 Å². The monoisotopic (exact) mass is 448 g/mol. The van der Waals surface area contributed by atoms with Crippen molar-refractivity contribution >= 4 is 21.6 Å². The zero-order valence-corrected chi connectivity index (χ0v) is 20.5. The molecule has 2 bridgehead atoms. The van der Waals surface area contributed by atoms with Crippen LogP contribution in [0.25, 0.3) is 0 Å². The summed E-state index contributed by atoms with van der Waals surface area (Å²) in [5.41, 5.74) is 1.18. The fourth-order valence-corrected chi connectivity index (χ4v) is 8.51. The maximum Gasteiger partial charge on any atom is 0.215 e. The summed E-state index contributed by atoms with van der Waals surface area (Å²) in [6.07, 6.45) is 2.22. The van der Waals surface area contributed by atoms with Gasteiger partial charge < -0.3 is 4.90 Å². The second-order valence-corrected chi connectivity index (χ2v) is 12.5. The highest BCUT2D eigenvalue weighted by atomic mass is 32.2. The minimum Gasteiger partial charge on any atom is -0.354 e. The van der Waals surface area contributed by atoms with Gasteiger partial charge in [-0.15, -0.1) is 0 Å². The van der Waals surface area contributed by atoms with Crippen molar-refractivity contribution in [2.45, 2.75) is 66.7 Å². The van der Waals surface area contributed by atoms with Crippen LogP contribution in [0.15, 0.2) is 0 Å². The van der Waals surface area contributed by atoms with E-state index in [1.54, 1.807) is 4.31 Å². The molecule has 1 aromatic heterocycles. The Morgan fingerprint density at radius 2 is 1.74 bits per heavy atom. The van der Waals surface area contributed by atoms with Crippen molar-refractivity contribution in [2.24, 2.45) is 16.7 Å². The Bertz CT molecular complexity index is 996. The van der Waals surface area contributed by atoms with E-state index in [1.165, 1.54) is 0 Å². The zero-order chi connectivity index (χ0) is 22.8. The van der Waals surface area contributed by atoms with Crippen LogP contribution in [-0.4, -0.2) is 60.4 Å². The molecule has 0 N–H and O–H groups in total. The van der Waals surface area contributed by atoms with Gasteiger partial charge in [0.1, 0.15) is 17.4 Å². The van der Waals surface area contributed by atoms with Gasteiger partial charge in [-0.1, -0.05) is 27.7 Å². The highest BCUT2D eigenvalue weighted by molar-refractivity contribution is 7.89. The first kappa shape index (κ1) is 22.6. The summed E-state index contributed by atoms with van der Waals surface area (Å²) in [4.78, 5) is 24.3. The van der Waals surface area contributed by atoms with Crippen LogP contribution in [0.3, 0.4) is 0 Å². The molecule has 1 saturated heterocycles. The number of anilines is 1. The molecule has 0 amide bonds. The number of hydrogen-bond acceptors (Lipinski definition) is 6. The van der Waals surface area contributed by atoms with Crippen LogP contribution in [0.2, 0.25) is 0 Å². The lowest BCUT2D eigenvalue weighted by Crippen LogP contribution is -2.53. The SMILES string of the molecule is Cc1nc(C)c(C(C)C)c(N2CCN(S(=O)(=O)CC34CCC(CC3=O)C4(C)C)CC2)n1. The van der Waals surface area contributed by atoms with Crippen molar-refractivity contribution in [3.05, 3.63) is 17.1 Å². The first-order valence-corrected chi connectivity index (χ1v) is 13.1. The molecule has 1 aromatic rings. The fourth-order valence-electron chi connectivity index (χ4n) is 6.31. The minimum absolute atomic E-state index is 0.0364. The molecule has 2 unspecified atom stereocenters. The molecule has 4 rings (SSSR count). The van der Waals surface area contributed by atoms with E-state index in [0.717, 1.165) is 29.3 Å². The number of fused-ring (bicyclic) bond motifs is 2. The van der Waals surface area contributed by atoms with E-state index in [4.69, 9.17) is 4.98 Å². The molecule has 172 valence electrons. The summed E-state index contributed by atoms with van der Waals surface area (Å²) < 4.78 is 28.4. The summed E-state index contributed by atoms with van der Waals surface area (Å²) in [7, 11) is -3.51. The van der Waals surface area contributed by atoms with Gasteiger partial charge in [0.05, 0.1) is 5.75 Å². The Morgan fingerprint density at radius 3 is 2.26 bits per heavy atom. The highest BCUT2D eigenvalue weighted by Crippen LogP contribution is 2.64. The molecule has 2 aliphatic carbocycles. The Labute approximate surface area is 186 Å². The molecule has 3 aliphatic rings. The standard InChI is InChI=1S/C23H36N4O3S/c1-15(2)20-16(3)24-17(4)25-21(20)26-9-11-27(12-10-26)31(29,30)14-23-8-7-18(13-19(23)28)22(23,5)6/h15,18H,7-14H2,1-6H3. The average molecular weight is 449 g/mol. The third-order valence-corrected chi connectivity index (χ3v) is 10.3. The van der Waals surface area contributed by atoms with Crippen LogP contribution in [0, 0.1) is 30.6 Å². The van der Waals surface area contributed by atoms with Gasteiger partial charge in [-0.05, 0) is 43.9 Å². The summed E-state index contributed by atoms with van der Waals surface area (Å²) >= 11 is 0. The van der Waals surface area contributed by atoms with E-state index in [2.05, 4.69) is 37.6 Å². The van der Waals surface area contributed by atoms with Crippen LogP contribution in [0.4, 0.5) is 5.82 Å².